The van der Waals surface area contributed by atoms with Gasteiger partial charge < -0.3 is 5.32 Å². The molecule has 126 valence electrons. The van der Waals surface area contributed by atoms with Gasteiger partial charge in [0.2, 0.25) is 0 Å². The molecule has 1 N–H and O–H groups in total. The minimum absolute atomic E-state index is 0.100. The first-order chi connectivity index (χ1) is 11.2. The molecule has 0 saturated carbocycles. The molecule has 0 atom stereocenters. The van der Waals surface area contributed by atoms with Crippen LogP contribution in [0.25, 0.3) is 11.3 Å². The van der Waals surface area contributed by atoms with Gasteiger partial charge in [-0.05, 0) is 56.5 Å². The van der Waals surface area contributed by atoms with Gasteiger partial charge in [-0.3, -0.25) is 0 Å². The molecule has 2 rings (SSSR count). The van der Waals surface area contributed by atoms with Crippen molar-refractivity contribution in [1.29, 1.82) is 0 Å². The van der Waals surface area contributed by atoms with Gasteiger partial charge >= 0.3 is 0 Å². The van der Waals surface area contributed by atoms with E-state index >= 15 is 0 Å². The van der Waals surface area contributed by atoms with Crippen LogP contribution < -0.4 is 5.32 Å². The van der Waals surface area contributed by atoms with Crippen LogP contribution in [0.5, 0.6) is 0 Å². The van der Waals surface area contributed by atoms with E-state index < -0.39 is 5.82 Å². The topological polar surface area (TPSA) is 12.0 Å². The molecule has 0 fully saturated rings. The van der Waals surface area contributed by atoms with Gasteiger partial charge in [-0.1, -0.05) is 53.6 Å². The Balaban J connectivity index is 2.54. The first-order valence-electron chi connectivity index (χ1n) is 7.58. The smallest absolute Gasteiger partial charge is 0.145 e. The second-order valence-corrected chi connectivity index (χ2v) is 6.80. The molecule has 0 saturated heterocycles. The summed E-state index contributed by atoms with van der Waals surface area (Å²) in [5.74, 6) is -0.432. The van der Waals surface area contributed by atoms with Crippen molar-refractivity contribution in [2.75, 3.05) is 5.32 Å². The predicted molar refractivity (Wildman–Crippen MR) is 104 cm³/mol. The van der Waals surface area contributed by atoms with E-state index in [1.165, 1.54) is 6.07 Å². The third kappa shape index (κ3) is 3.66. The van der Waals surface area contributed by atoms with Crippen LogP contribution in [0, 0.1) is 19.7 Å². The first-order valence-corrected chi connectivity index (χ1v) is 8.33. The third-order valence-corrected chi connectivity index (χ3v) is 4.49. The second-order valence-electron chi connectivity index (χ2n) is 5.83. The van der Waals surface area contributed by atoms with Gasteiger partial charge in [-0.25, -0.2) is 4.39 Å². The number of allylic oxidation sites excluding steroid dienone is 2. The fourth-order valence-corrected chi connectivity index (χ4v) is 2.98. The number of halogens is 3. The van der Waals surface area contributed by atoms with Crippen LogP contribution >= 0.6 is 23.2 Å². The van der Waals surface area contributed by atoms with Gasteiger partial charge in [-0.2, -0.15) is 0 Å². The Morgan fingerprint density at radius 2 is 1.71 bits per heavy atom. The molecular formula is C20H20Cl2FN. The van der Waals surface area contributed by atoms with E-state index in [4.69, 9.17) is 23.2 Å². The third-order valence-electron chi connectivity index (χ3n) is 4.01. The zero-order valence-electron chi connectivity index (χ0n) is 14.2. The molecule has 0 aliphatic heterocycles. The monoisotopic (exact) mass is 363 g/mol. The SMILES string of the molecule is C=C(C)c1cccc(N/C(=C(/C)Cl)c2ccc(Cl)c(F)c2C)c1C. The highest BCUT2D eigenvalue weighted by molar-refractivity contribution is 6.33. The normalized spacial score (nSPS) is 12.0. The summed E-state index contributed by atoms with van der Waals surface area (Å²) in [6.45, 7) is 11.4. The fourth-order valence-electron chi connectivity index (χ4n) is 2.63. The molecule has 2 aromatic rings. The van der Waals surface area contributed by atoms with Gasteiger partial charge in [0.1, 0.15) is 5.82 Å². The number of benzene rings is 2. The highest BCUT2D eigenvalue weighted by atomic mass is 35.5. The van der Waals surface area contributed by atoms with E-state index in [-0.39, 0.29) is 5.02 Å². The van der Waals surface area contributed by atoms with Crippen LogP contribution in [0.4, 0.5) is 10.1 Å². The molecule has 0 radical (unpaired) electrons. The summed E-state index contributed by atoms with van der Waals surface area (Å²) < 4.78 is 14.2. The van der Waals surface area contributed by atoms with E-state index in [0.717, 1.165) is 22.4 Å². The number of anilines is 1. The lowest BCUT2D eigenvalue weighted by molar-refractivity contribution is 0.618. The van der Waals surface area contributed by atoms with Crippen LogP contribution in [0.3, 0.4) is 0 Å². The average molecular weight is 364 g/mol. The van der Waals surface area contributed by atoms with Crippen molar-refractivity contribution in [3.63, 3.8) is 0 Å². The van der Waals surface area contributed by atoms with E-state index in [9.17, 15) is 4.39 Å². The van der Waals surface area contributed by atoms with Crippen LogP contribution in [0.2, 0.25) is 5.02 Å². The highest BCUT2D eigenvalue weighted by Gasteiger charge is 2.15. The zero-order chi connectivity index (χ0) is 18.0. The Morgan fingerprint density at radius 3 is 2.29 bits per heavy atom. The Hall–Kier alpha value is -1.77. The van der Waals surface area contributed by atoms with Crippen LogP contribution in [-0.2, 0) is 0 Å². The van der Waals surface area contributed by atoms with E-state index in [0.29, 0.717) is 21.9 Å². The van der Waals surface area contributed by atoms with Crippen molar-refractivity contribution in [2.45, 2.75) is 27.7 Å². The van der Waals surface area contributed by atoms with Gasteiger partial charge in [0.15, 0.2) is 0 Å². The minimum Gasteiger partial charge on any atom is -0.354 e. The van der Waals surface area contributed by atoms with Gasteiger partial charge in [0, 0.05) is 16.3 Å². The molecule has 2 aromatic carbocycles. The zero-order valence-corrected chi connectivity index (χ0v) is 15.7. The maximum absolute atomic E-state index is 14.2. The maximum atomic E-state index is 14.2. The lowest BCUT2D eigenvalue weighted by Crippen LogP contribution is -2.05. The summed E-state index contributed by atoms with van der Waals surface area (Å²) in [4.78, 5) is 0. The van der Waals surface area contributed by atoms with Gasteiger partial charge in [-0.15, -0.1) is 0 Å². The highest BCUT2D eigenvalue weighted by Crippen LogP contribution is 2.32. The molecule has 0 spiro atoms. The second kappa shape index (κ2) is 7.42. The van der Waals surface area contributed by atoms with Crippen LogP contribution in [0.1, 0.15) is 36.1 Å². The molecule has 0 amide bonds. The van der Waals surface area contributed by atoms with E-state index in [1.807, 2.05) is 32.0 Å². The number of rotatable bonds is 4. The number of nitrogens with one attached hydrogen (secondary N) is 1. The molecule has 0 unspecified atom stereocenters. The number of hydrogen-bond donors (Lipinski definition) is 1. The molecule has 24 heavy (non-hydrogen) atoms. The van der Waals surface area contributed by atoms with Crippen molar-refractivity contribution in [2.24, 2.45) is 0 Å². The summed E-state index contributed by atoms with van der Waals surface area (Å²) in [7, 11) is 0. The molecular weight excluding hydrogens is 344 g/mol. The summed E-state index contributed by atoms with van der Waals surface area (Å²) in [5.41, 5.74) is 5.83. The summed E-state index contributed by atoms with van der Waals surface area (Å²) >= 11 is 12.1. The minimum atomic E-state index is -0.432. The summed E-state index contributed by atoms with van der Waals surface area (Å²) in [5, 5.41) is 3.98. The predicted octanol–water partition coefficient (Wildman–Crippen LogP) is 7.17. The Bertz CT molecular complexity index is 834. The molecule has 0 aliphatic carbocycles. The maximum Gasteiger partial charge on any atom is 0.145 e. The fraction of sp³-hybridized carbons (Fsp3) is 0.200. The van der Waals surface area contributed by atoms with Crippen molar-refractivity contribution in [3.8, 4) is 0 Å². The lowest BCUT2D eigenvalue weighted by Gasteiger charge is -2.19. The molecule has 1 nitrogen and oxygen atoms in total. The average Bonchev–Trinajstić information content (AvgIpc) is 2.52. The molecule has 0 aromatic heterocycles. The van der Waals surface area contributed by atoms with Crippen molar-refractivity contribution < 1.29 is 4.39 Å². The van der Waals surface area contributed by atoms with E-state index in [2.05, 4.69) is 11.9 Å². The van der Waals surface area contributed by atoms with Crippen LogP contribution in [-0.4, -0.2) is 0 Å². The molecule has 4 heteroatoms. The summed E-state index contributed by atoms with van der Waals surface area (Å²) in [6.07, 6.45) is 0. The number of hydrogen-bond acceptors (Lipinski definition) is 1. The quantitative estimate of drug-likeness (QED) is 0.606. The standard InChI is InChI=1S/C20H20Cl2FN/c1-11(2)15-7-6-8-18(12(15)3)24-20(14(5)21)16-9-10-17(22)19(23)13(16)4/h6-10,24H,1H2,2-5H3/b20-14-. The van der Waals surface area contributed by atoms with Crippen LogP contribution in [0.15, 0.2) is 41.9 Å². The van der Waals surface area contributed by atoms with Gasteiger partial charge in [0.25, 0.3) is 0 Å². The Kier molecular flexibility index (Phi) is 5.74. The largest absolute Gasteiger partial charge is 0.354 e. The van der Waals surface area contributed by atoms with Crippen molar-refractivity contribution >= 4 is 40.2 Å². The Labute approximate surface area is 152 Å². The van der Waals surface area contributed by atoms with Crippen molar-refractivity contribution in [1.82, 2.24) is 0 Å². The first kappa shape index (κ1) is 18.6. The Morgan fingerprint density at radius 1 is 1.04 bits per heavy atom. The van der Waals surface area contributed by atoms with Gasteiger partial charge in [0.05, 0.1) is 10.7 Å². The lowest BCUT2D eigenvalue weighted by atomic mass is 10.00. The van der Waals surface area contributed by atoms with Crippen molar-refractivity contribution in [3.05, 3.63) is 75.0 Å². The molecule has 0 heterocycles. The molecule has 0 bridgehead atoms. The molecule has 0 aliphatic rings. The van der Waals surface area contributed by atoms with E-state index in [1.54, 1.807) is 19.9 Å². The summed E-state index contributed by atoms with van der Waals surface area (Å²) in [6, 6.07) is 9.25.